The topological polar surface area (TPSA) is 71.3 Å². The van der Waals surface area contributed by atoms with Crippen molar-refractivity contribution in [3.63, 3.8) is 0 Å². The van der Waals surface area contributed by atoms with E-state index in [2.05, 4.69) is 5.32 Å². The maximum atomic E-state index is 12.5. The molecule has 5 heteroatoms. The van der Waals surface area contributed by atoms with Gasteiger partial charge >= 0.3 is 0 Å². The van der Waals surface area contributed by atoms with Crippen LogP contribution < -0.4 is 14.8 Å². The van der Waals surface area contributed by atoms with E-state index in [1.54, 1.807) is 37.4 Å². The zero-order valence-corrected chi connectivity index (χ0v) is 16.9. The number of amides is 1. The van der Waals surface area contributed by atoms with E-state index in [1.807, 2.05) is 55.5 Å². The SMILES string of the molecule is COc1cc(/C=C(/C#N)C(=O)Nc2ccc(C)cc2)ccc1OCc1ccccc1. The summed E-state index contributed by atoms with van der Waals surface area (Å²) < 4.78 is 11.3. The Balaban J connectivity index is 1.74. The monoisotopic (exact) mass is 398 g/mol. The van der Waals surface area contributed by atoms with Crippen LogP contribution in [0.15, 0.2) is 78.4 Å². The lowest BCUT2D eigenvalue weighted by atomic mass is 10.1. The van der Waals surface area contributed by atoms with Gasteiger partial charge in [0.25, 0.3) is 5.91 Å². The number of nitrogens with one attached hydrogen (secondary N) is 1. The van der Waals surface area contributed by atoms with Crippen LogP contribution in [0.3, 0.4) is 0 Å². The fourth-order valence-electron chi connectivity index (χ4n) is 2.78. The van der Waals surface area contributed by atoms with Gasteiger partial charge in [0.1, 0.15) is 18.2 Å². The maximum absolute atomic E-state index is 12.5. The summed E-state index contributed by atoms with van der Waals surface area (Å²) in [6.07, 6.45) is 1.52. The molecule has 0 atom stereocenters. The molecule has 0 aliphatic heterocycles. The van der Waals surface area contributed by atoms with Crippen LogP contribution in [0.1, 0.15) is 16.7 Å². The van der Waals surface area contributed by atoms with Crippen molar-refractivity contribution < 1.29 is 14.3 Å². The Bertz CT molecular complexity index is 1080. The number of carbonyl (C=O) groups excluding carboxylic acids is 1. The van der Waals surface area contributed by atoms with Crippen molar-refractivity contribution in [2.45, 2.75) is 13.5 Å². The molecule has 3 rings (SSSR count). The first-order chi connectivity index (χ1) is 14.6. The van der Waals surface area contributed by atoms with Crippen molar-refractivity contribution >= 4 is 17.7 Å². The molecule has 0 aliphatic rings. The Labute approximate surface area is 176 Å². The normalized spacial score (nSPS) is 10.8. The van der Waals surface area contributed by atoms with Gasteiger partial charge in [0.15, 0.2) is 11.5 Å². The van der Waals surface area contributed by atoms with Crippen LogP contribution >= 0.6 is 0 Å². The molecule has 3 aromatic carbocycles. The largest absolute Gasteiger partial charge is 0.493 e. The number of methoxy groups -OCH3 is 1. The van der Waals surface area contributed by atoms with Crippen LogP contribution in [-0.2, 0) is 11.4 Å². The van der Waals surface area contributed by atoms with Crippen LogP contribution in [0.5, 0.6) is 11.5 Å². The zero-order valence-electron chi connectivity index (χ0n) is 16.9. The summed E-state index contributed by atoms with van der Waals surface area (Å²) in [5.74, 6) is 0.641. The van der Waals surface area contributed by atoms with Crippen LogP contribution in [0.25, 0.3) is 6.08 Å². The molecule has 0 bridgehead atoms. The summed E-state index contributed by atoms with van der Waals surface area (Å²) in [6.45, 7) is 2.38. The van der Waals surface area contributed by atoms with Crippen LogP contribution in [0.2, 0.25) is 0 Å². The Morgan fingerprint density at radius 3 is 2.43 bits per heavy atom. The molecule has 0 radical (unpaired) electrons. The lowest BCUT2D eigenvalue weighted by molar-refractivity contribution is -0.112. The number of hydrogen-bond acceptors (Lipinski definition) is 4. The maximum Gasteiger partial charge on any atom is 0.266 e. The number of hydrogen-bond donors (Lipinski definition) is 1. The van der Waals surface area contributed by atoms with E-state index in [0.29, 0.717) is 29.4 Å². The van der Waals surface area contributed by atoms with Gasteiger partial charge in [-0.1, -0.05) is 54.1 Å². The van der Waals surface area contributed by atoms with E-state index in [0.717, 1.165) is 11.1 Å². The third-order valence-corrected chi connectivity index (χ3v) is 4.41. The molecule has 0 heterocycles. The van der Waals surface area contributed by atoms with E-state index >= 15 is 0 Å². The fraction of sp³-hybridized carbons (Fsp3) is 0.120. The minimum atomic E-state index is -0.468. The van der Waals surface area contributed by atoms with Crippen molar-refractivity contribution in [1.82, 2.24) is 0 Å². The first-order valence-corrected chi connectivity index (χ1v) is 9.43. The quantitative estimate of drug-likeness (QED) is 0.442. The lowest BCUT2D eigenvalue weighted by Crippen LogP contribution is -2.13. The first kappa shape index (κ1) is 20.7. The minimum Gasteiger partial charge on any atom is -0.493 e. The molecule has 150 valence electrons. The van der Waals surface area contributed by atoms with E-state index in [9.17, 15) is 10.1 Å². The fourth-order valence-corrected chi connectivity index (χ4v) is 2.78. The molecule has 0 aromatic heterocycles. The summed E-state index contributed by atoms with van der Waals surface area (Å²) in [6, 6.07) is 24.4. The average Bonchev–Trinajstić information content (AvgIpc) is 2.78. The standard InChI is InChI=1S/C25H22N2O3/c1-18-8-11-22(12-9-18)27-25(28)21(16-26)14-20-10-13-23(24(15-20)29-2)30-17-19-6-4-3-5-7-19/h3-15H,17H2,1-2H3,(H,27,28)/b21-14-. The predicted molar refractivity (Wildman–Crippen MR) is 117 cm³/mol. The summed E-state index contributed by atoms with van der Waals surface area (Å²) in [7, 11) is 1.55. The van der Waals surface area contributed by atoms with Gasteiger partial charge in [0.05, 0.1) is 7.11 Å². The highest BCUT2D eigenvalue weighted by Crippen LogP contribution is 2.29. The third kappa shape index (κ3) is 5.49. The molecule has 5 nitrogen and oxygen atoms in total. The second kappa shape index (κ2) is 9.94. The van der Waals surface area contributed by atoms with Crippen molar-refractivity contribution in [2.24, 2.45) is 0 Å². The summed E-state index contributed by atoms with van der Waals surface area (Å²) in [5.41, 5.74) is 3.42. The smallest absolute Gasteiger partial charge is 0.266 e. The highest BCUT2D eigenvalue weighted by Gasteiger charge is 2.11. The molecule has 30 heavy (non-hydrogen) atoms. The average molecular weight is 398 g/mol. The molecule has 0 unspecified atom stereocenters. The van der Waals surface area contributed by atoms with Gasteiger partial charge in [-0.3, -0.25) is 4.79 Å². The molecule has 0 saturated carbocycles. The number of nitrogens with zero attached hydrogens (tertiary/aromatic N) is 1. The molecule has 0 fully saturated rings. The van der Waals surface area contributed by atoms with Gasteiger partial charge in [-0.2, -0.15) is 5.26 Å². The van der Waals surface area contributed by atoms with Gasteiger partial charge < -0.3 is 14.8 Å². The molecule has 3 aromatic rings. The Kier molecular flexibility index (Phi) is 6.86. The Morgan fingerprint density at radius 2 is 1.77 bits per heavy atom. The number of rotatable bonds is 7. The van der Waals surface area contributed by atoms with E-state index < -0.39 is 5.91 Å². The van der Waals surface area contributed by atoms with Crippen molar-refractivity contribution in [3.8, 4) is 17.6 Å². The Morgan fingerprint density at radius 1 is 1.03 bits per heavy atom. The molecule has 1 N–H and O–H groups in total. The molecule has 0 saturated heterocycles. The van der Waals surface area contributed by atoms with Gasteiger partial charge in [-0.05, 0) is 48.4 Å². The first-order valence-electron chi connectivity index (χ1n) is 9.43. The minimum absolute atomic E-state index is 0.00409. The lowest BCUT2D eigenvalue weighted by Gasteiger charge is -2.11. The number of benzene rings is 3. The number of carbonyl (C=O) groups is 1. The van der Waals surface area contributed by atoms with Crippen LogP contribution in [0.4, 0.5) is 5.69 Å². The van der Waals surface area contributed by atoms with E-state index in [1.165, 1.54) is 6.08 Å². The highest BCUT2D eigenvalue weighted by molar-refractivity contribution is 6.09. The van der Waals surface area contributed by atoms with Crippen molar-refractivity contribution in [2.75, 3.05) is 12.4 Å². The van der Waals surface area contributed by atoms with Crippen LogP contribution in [-0.4, -0.2) is 13.0 Å². The van der Waals surface area contributed by atoms with Crippen molar-refractivity contribution in [1.29, 1.82) is 5.26 Å². The second-order valence-electron chi connectivity index (χ2n) is 6.67. The zero-order chi connectivity index (χ0) is 21.3. The number of aryl methyl sites for hydroxylation is 1. The van der Waals surface area contributed by atoms with E-state index in [4.69, 9.17) is 9.47 Å². The third-order valence-electron chi connectivity index (χ3n) is 4.41. The van der Waals surface area contributed by atoms with E-state index in [-0.39, 0.29) is 5.57 Å². The molecular weight excluding hydrogens is 376 g/mol. The summed E-state index contributed by atoms with van der Waals surface area (Å²) >= 11 is 0. The van der Waals surface area contributed by atoms with Gasteiger partial charge in [0.2, 0.25) is 0 Å². The molecular formula is C25H22N2O3. The number of ether oxygens (including phenoxy) is 2. The summed E-state index contributed by atoms with van der Waals surface area (Å²) in [5, 5.41) is 12.2. The summed E-state index contributed by atoms with van der Waals surface area (Å²) in [4.78, 5) is 12.5. The highest BCUT2D eigenvalue weighted by atomic mass is 16.5. The number of nitriles is 1. The Hall–Kier alpha value is -4.04. The second-order valence-corrected chi connectivity index (χ2v) is 6.67. The van der Waals surface area contributed by atoms with Gasteiger partial charge in [0, 0.05) is 5.69 Å². The number of anilines is 1. The predicted octanol–water partition coefficient (Wildman–Crippen LogP) is 5.13. The molecule has 0 aliphatic carbocycles. The molecule has 0 spiro atoms. The van der Waals surface area contributed by atoms with Gasteiger partial charge in [-0.15, -0.1) is 0 Å². The van der Waals surface area contributed by atoms with Crippen molar-refractivity contribution in [3.05, 3.63) is 95.1 Å². The van der Waals surface area contributed by atoms with Crippen LogP contribution in [0, 0.1) is 18.3 Å². The molecule has 1 amide bonds. The van der Waals surface area contributed by atoms with Gasteiger partial charge in [-0.25, -0.2) is 0 Å².